The van der Waals surface area contributed by atoms with E-state index in [0.29, 0.717) is 6.42 Å². The smallest absolute Gasteiger partial charge is 0.249 e. The van der Waals surface area contributed by atoms with Gasteiger partial charge in [-0.05, 0) is 32.1 Å². The molecule has 0 radical (unpaired) electrons. The van der Waals surface area contributed by atoms with Crippen molar-refractivity contribution >= 4 is 5.91 Å². The van der Waals surface area contributed by atoms with E-state index >= 15 is 0 Å². The zero-order valence-corrected chi connectivity index (χ0v) is 52.6. The van der Waals surface area contributed by atoms with Crippen molar-refractivity contribution in [3.63, 3.8) is 0 Å². The SMILES string of the molecule is CCCCCCCCCCCCCCCCCCCCC/C=C/CC/C=C/C(O)C(CO)NC(=O)C(O)CCCCCCCCCCCCCCCCCCCCCCCCCCCCCCCCCCCCCCCC. The Morgan fingerprint density at radius 3 is 0.792 bits per heavy atom. The number of carbonyl (C=O) groups excluding carboxylic acids is 1. The van der Waals surface area contributed by atoms with E-state index in [2.05, 4.69) is 31.3 Å². The molecule has 1 amide bonds. The highest BCUT2D eigenvalue weighted by atomic mass is 16.3. The van der Waals surface area contributed by atoms with Gasteiger partial charge in [-0.1, -0.05) is 398 Å². The molecule has 5 nitrogen and oxygen atoms in total. The number of unbranched alkanes of at least 4 members (excludes halogenated alkanes) is 57. The third-order valence-corrected chi connectivity index (χ3v) is 17.0. The van der Waals surface area contributed by atoms with Crippen molar-refractivity contribution in [3.8, 4) is 0 Å². The van der Waals surface area contributed by atoms with E-state index in [9.17, 15) is 20.1 Å². The molecular formula is C72H141NO4. The number of hydrogen-bond acceptors (Lipinski definition) is 4. The Balaban J connectivity index is 3.47. The summed E-state index contributed by atoms with van der Waals surface area (Å²) in [6, 6.07) is -0.814. The maximum absolute atomic E-state index is 12.6. The predicted octanol–water partition coefficient (Wildman–Crippen LogP) is 23.1. The molecule has 0 spiro atoms. The van der Waals surface area contributed by atoms with Crippen molar-refractivity contribution in [2.75, 3.05) is 6.61 Å². The monoisotopic (exact) mass is 1080 g/mol. The summed E-state index contributed by atoms with van der Waals surface area (Å²) in [5.74, 6) is -0.504. The Morgan fingerprint density at radius 1 is 0.312 bits per heavy atom. The third-order valence-electron chi connectivity index (χ3n) is 17.0. The lowest BCUT2D eigenvalue weighted by Crippen LogP contribution is -2.48. The van der Waals surface area contributed by atoms with Crippen LogP contribution >= 0.6 is 0 Å². The van der Waals surface area contributed by atoms with Crippen LogP contribution in [0.25, 0.3) is 0 Å². The van der Waals surface area contributed by atoms with E-state index < -0.39 is 24.2 Å². The van der Waals surface area contributed by atoms with Gasteiger partial charge in [0.05, 0.1) is 18.8 Å². The van der Waals surface area contributed by atoms with Gasteiger partial charge in [0.2, 0.25) is 5.91 Å². The average Bonchev–Trinajstić information content (AvgIpc) is 3.43. The van der Waals surface area contributed by atoms with Gasteiger partial charge in [-0.3, -0.25) is 4.79 Å². The Kier molecular flexibility index (Phi) is 66.3. The van der Waals surface area contributed by atoms with E-state index in [4.69, 9.17) is 0 Å². The number of carbonyl (C=O) groups is 1. The van der Waals surface area contributed by atoms with E-state index in [-0.39, 0.29) is 6.61 Å². The lowest BCUT2D eigenvalue weighted by Gasteiger charge is -2.21. The van der Waals surface area contributed by atoms with Gasteiger partial charge < -0.3 is 20.6 Å². The number of hydrogen-bond donors (Lipinski definition) is 4. The van der Waals surface area contributed by atoms with Gasteiger partial charge in [-0.25, -0.2) is 0 Å². The summed E-state index contributed by atoms with van der Waals surface area (Å²) in [6.07, 6.45) is 89.1. The largest absolute Gasteiger partial charge is 0.394 e. The molecule has 0 aromatic carbocycles. The van der Waals surface area contributed by atoms with Crippen LogP contribution in [-0.2, 0) is 4.79 Å². The number of amides is 1. The minimum Gasteiger partial charge on any atom is -0.394 e. The molecule has 0 saturated carbocycles. The van der Waals surface area contributed by atoms with Crippen molar-refractivity contribution < 1.29 is 20.1 Å². The van der Waals surface area contributed by atoms with Gasteiger partial charge >= 0.3 is 0 Å². The van der Waals surface area contributed by atoms with Crippen LogP contribution in [0, 0.1) is 0 Å². The van der Waals surface area contributed by atoms with Crippen molar-refractivity contribution in [1.29, 1.82) is 0 Å². The lowest BCUT2D eigenvalue weighted by molar-refractivity contribution is -0.131. The fourth-order valence-electron chi connectivity index (χ4n) is 11.6. The summed E-state index contributed by atoms with van der Waals surface area (Å²) in [6.45, 7) is 4.23. The second-order valence-electron chi connectivity index (χ2n) is 24.8. The summed E-state index contributed by atoms with van der Waals surface area (Å²) in [7, 11) is 0. The molecule has 0 fully saturated rings. The summed E-state index contributed by atoms with van der Waals surface area (Å²) in [4.78, 5) is 12.6. The first-order valence-electron chi connectivity index (χ1n) is 35.7. The first-order valence-corrected chi connectivity index (χ1v) is 35.7. The van der Waals surface area contributed by atoms with Crippen molar-refractivity contribution in [2.24, 2.45) is 0 Å². The minimum atomic E-state index is -1.10. The normalized spacial score (nSPS) is 13.2. The number of allylic oxidation sites excluding steroid dienone is 3. The highest BCUT2D eigenvalue weighted by Gasteiger charge is 2.22. The topological polar surface area (TPSA) is 89.8 Å². The summed E-state index contributed by atoms with van der Waals surface area (Å²) in [5.41, 5.74) is 0. The molecule has 3 atom stereocenters. The van der Waals surface area contributed by atoms with Gasteiger partial charge in [0, 0.05) is 0 Å². The van der Waals surface area contributed by atoms with Gasteiger partial charge in [0.25, 0.3) is 0 Å². The predicted molar refractivity (Wildman–Crippen MR) is 342 cm³/mol. The molecule has 0 aromatic rings. The Labute approximate surface area is 483 Å². The Morgan fingerprint density at radius 2 is 0.532 bits per heavy atom. The summed E-state index contributed by atoms with van der Waals surface area (Å²) >= 11 is 0. The molecule has 5 heteroatoms. The standard InChI is InChI=1S/C72H141NO4/c1-3-5-7-9-11-13-15-17-19-21-23-25-27-29-30-31-32-33-34-35-36-37-38-39-40-41-43-45-47-49-51-53-55-57-59-61-63-65-67-71(76)72(77)73-69(68-74)70(75)66-64-62-60-58-56-54-52-50-48-46-44-42-28-26-24-22-20-18-16-14-12-10-8-6-4-2/h56,58,64,66,69-71,74-76H,3-55,57,59-63,65,67-68H2,1-2H3,(H,73,77)/b58-56+,66-64+. The molecule has 0 aliphatic rings. The summed E-state index contributed by atoms with van der Waals surface area (Å²) < 4.78 is 0. The van der Waals surface area contributed by atoms with E-state index in [1.54, 1.807) is 6.08 Å². The molecular weight excluding hydrogens is 943 g/mol. The fraction of sp³-hybridized carbons (Fsp3) is 0.931. The molecule has 0 aliphatic carbocycles. The fourth-order valence-corrected chi connectivity index (χ4v) is 11.6. The Bertz CT molecular complexity index is 1160. The maximum Gasteiger partial charge on any atom is 0.249 e. The van der Waals surface area contributed by atoms with Crippen molar-refractivity contribution in [3.05, 3.63) is 24.3 Å². The van der Waals surface area contributed by atoms with Crippen LogP contribution in [0.4, 0.5) is 0 Å². The lowest BCUT2D eigenvalue weighted by atomic mass is 10.0. The first kappa shape index (κ1) is 75.8. The van der Waals surface area contributed by atoms with E-state index in [1.165, 1.54) is 347 Å². The second-order valence-corrected chi connectivity index (χ2v) is 24.8. The number of nitrogens with one attached hydrogen (secondary N) is 1. The van der Waals surface area contributed by atoms with Crippen LogP contribution < -0.4 is 5.32 Å². The van der Waals surface area contributed by atoms with Gasteiger partial charge in [0.15, 0.2) is 0 Å². The molecule has 3 unspecified atom stereocenters. The quantitative estimate of drug-likeness (QED) is 0.0361. The molecule has 0 saturated heterocycles. The van der Waals surface area contributed by atoms with Crippen LogP contribution in [0.15, 0.2) is 24.3 Å². The number of aliphatic hydroxyl groups is 3. The van der Waals surface area contributed by atoms with Gasteiger partial charge in [-0.2, -0.15) is 0 Å². The third kappa shape index (κ3) is 62.3. The molecule has 0 bridgehead atoms. The first-order chi connectivity index (χ1) is 38.1. The number of aliphatic hydroxyl groups excluding tert-OH is 3. The van der Waals surface area contributed by atoms with Crippen molar-refractivity contribution in [2.45, 2.75) is 424 Å². The molecule has 0 aliphatic heterocycles. The molecule has 77 heavy (non-hydrogen) atoms. The highest BCUT2D eigenvalue weighted by Crippen LogP contribution is 2.20. The van der Waals surface area contributed by atoms with E-state index in [1.807, 2.05) is 6.08 Å². The van der Waals surface area contributed by atoms with Gasteiger partial charge in [-0.15, -0.1) is 0 Å². The van der Waals surface area contributed by atoms with Crippen LogP contribution in [0.2, 0.25) is 0 Å². The molecule has 0 heterocycles. The zero-order valence-electron chi connectivity index (χ0n) is 52.6. The van der Waals surface area contributed by atoms with Crippen LogP contribution in [0.5, 0.6) is 0 Å². The average molecular weight is 1080 g/mol. The molecule has 0 rings (SSSR count). The van der Waals surface area contributed by atoms with Crippen LogP contribution in [0.1, 0.15) is 406 Å². The maximum atomic E-state index is 12.6. The summed E-state index contributed by atoms with van der Waals surface area (Å²) in [5, 5.41) is 33.5. The Hall–Kier alpha value is -1.17. The van der Waals surface area contributed by atoms with E-state index in [0.717, 1.165) is 38.5 Å². The van der Waals surface area contributed by atoms with Crippen molar-refractivity contribution in [1.82, 2.24) is 5.32 Å². The van der Waals surface area contributed by atoms with Crippen LogP contribution in [0.3, 0.4) is 0 Å². The molecule has 458 valence electrons. The molecule has 0 aromatic heterocycles. The second kappa shape index (κ2) is 67.3. The highest BCUT2D eigenvalue weighted by molar-refractivity contribution is 5.80. The van der Waals surface area contributed by atoms with Gasteiger partial charge in [0.1, 0.15) is 6.10 Å². The minimum absolute atomic E-state index is 0.372. The van der Waals surface area contributed by atoms with Crippen LogP contribution in [-0.4, -0.2) is 46.1 Å². The molecule has 4 N–H and O–H groups in total. The zero-order chi connectivity index (χ0) is 55.7. The number of rotatable bonds is 67.